The van der Waals surface area contributed by atoms with Crippen LogP contribution in [-0.4, -0.2) is 22.3 Å². The molecular formula is C28H32FN3O2. The number of hydrogen-bond donors (Lipinski definition) is 1. The molecule has 0 spiro atoms. The van der Waals surface area contributed by atoms with E-state index in [1.54, 1.807) is 24.5 Å². The van der Waals surface area contributed by atoms with E-state index in [4.69, 9.17) is 0 Å². The van der Waals surface area contributed by atoms with Crippen LogP contribution in [0.3, 0.4) is 0 Å². The van der Waals surface area contributed by atoms with Crippen molar-refractivity contribution in [1.82, 2.24) is 10.3 Å². The fourth-order valence-corrected chi connectivity index (χ4v) is 3.63. The van der Waals surface area contributed by atoms with E-state index < -0.39 is 23.3 Å². The Morgan fingerprint density at radius 3 is 2.03 bits per heavy atom. The van der Waals surface area contributed by atoms with Crippen LogP contribution in [0.5, 0.6) is 0 Å². The summed E-state index contributed by atoms with van der Waals surface area (Å²) in [5.74, 6) is -1.19. The molecule has 5 nitrogen and oxygen atoms in total. The number of halogens is 1. The Labute approximate surface area is 201 Å². The number of carbonyl (C=O) groups is 2. The van der Waals surface area contributed by atoms with E-state index in [1.165, 1.54) is 29.2 Å². The highest BCUT2D eigenvalue weighted by atomic mass is 19.1. The Kier molecular flexibility index (Phi) is 7.20. The van der Waals surface area contributed by atoms with Crippen LogP contribution in [-0.2, 0) is 10.2 Å². The van der Waals surface area contributed by atoms with Crippen LogP contribution >= 0.6 is 0 Å². The van der Waals surface area contributed by atoms with E-state index in [-0.39, 0.29) is 16.9 Å². The number of amides is 2. The second-order valence-electron chi connectivity index (χ2n) is 10.4. The molecule has 1 aromatic heterocycles. The SMILES string of the molecule is CC(C)(C)NC(=O)C(c1cccnc1)N(C(=O)c1ccc(F)cc1)c1ccc(C(C)(C)C)cc1. The zero-order valence-electron chi connectivity index (χ0n) is 20.6. The van der Waals surface area contributed by atoms with Crippen molar-refractivity contribution in [3.05, 3.63) is 95.6 Å². The Hall–Kier alpha value is -3.54. The van der Waals surface area contributed by atoms with Crippen LogP contribution in [0.1, 0.15) is 69.1 Å². The Morgan fingerprint density at radius 2 is 1.53 bits per heavy atom. The van der Waals surface area contributed by atoms with Crippen LogP contribution in [0.25, 0.3) is 0 Å². The summed E-state index contributed by atoms with van der Waals surface area (Å²) in [7, 11) is 0. The van der Waals surface area contributed by atoms with Gasteiger partial charge < -0.3 is 5.32 Å². The van der Waals surface area contributed by atoms with Crippen molar-refractivity contribution in [2.75, 3.05) is 4.90 Å². The molecule has 2 aromatic carbocycles. The van der Waals surface area contributed by atoms with Crippen molar-refractivity contribution >= 4 is 17.5 Å². The summed E-state index contributed by atoms with van der Waals surface area (Å²) in [4.78, 5) is 33.1. The molecule has 0 saturated carbocycles. The van der Waals surface area contributed by atoms with Crippen molar-refractivity contribution < 1.29 is 14.0 Å². The first-order valence-electron chi connectivity index (χ1n) is 11.3. The molecule has 34 heavy (non-hydrogen) atoms. The highest BCUT2D eigenvalue weighted by molar-refractivity contribution is 6.10. The Bertz CT molecular complexity index is 1130. The fraction of sp³-hybridized carbons (Fsp3) is 0.321. The smallest absolute Gasteiger partial charge is 0.259 e. The summed E-state index contributed by atoms with van der Waals surface area (Å²) in [6.07, 6.45) is 3.20. The lowest BCUT2D eigenvalue weighted by molar-refractivity contribution is -0.123. The monoisotopic (exact) mass is 461 g/mol. The number of anilines is 1. The van der Waals surface area contributed by atoms with Crippen molar-refractivity contribution in [3.8, 4) is 0 Å². The second-order valence-corrected chi connectivity index (χ2v) is 10.4. The maximum Gasteiger partial charge on any atom is 0.259 e. The van der Waals surface area contributed by atoms with Gasteiger partial charge in [0.05, 0.1) is 0 Å². The minimum atomic E-state index is -0.981. The van der Waals surface area contributed by atoms with Crippen LogP contribution in [0.4, 0.5) is 10.1 Å². The van der Waals surface area contributed by atoms with E-state index in [2.05, 4.69) is 31.1 Å². The van der Waals surface area contributed by atoms with Gasteiger partial charge in [-0.05, 0) is 74.2 Å². The van der Waals surface area contributed by atoms with Crippen molar-refractivity contribution in [1.29, 1.82) is 0 Å². The topological polar surface area (TPSA) is 62.3 Å². The van der Waals surface area contributed by atoms with Gasteiger partial charge in [-0.1, -0.05) is 39.0 Å². The summed E-state index contributed by atoms with van der Waals surface area (Å²) in [5, 5.41) is 3.00. The molecule has 0 radical (unpaired) electrons. The summed E-state index contributed by atoms with van der Waals surface area (Å²) >= 11 is 0. The van der Waals surface area contributed by atoms with Crippen molar-refractivity contribution in [3.63, 3.8) is 0 Å². The molecule has 1 N–H and O–H groups in total. The number of nitrogens with one attached hydrogen (secondary N) is 1. The summed E-state index contributed by atoms with van der Waals surface area (Å²) in [6.45, 7) is 12.0. The van der Waals surface area contributed by atoms with Gasteiger partial charge >= 0.3 is 0 Å². The molecule has 0 aliphatic heterocycles. The highest BCUT2D eigenvalue weighted by Crippen LogP contribution is 2.32. The normalized spacial score (nSPS) is 12.7. The van der Waals surface area contributed by atoms with Gasteiger partial charge in [0, 0.05) is 34.7 Å². The number of aromatic nitrogens is 1. The average Bonchev–Trinajstić information content (AvgIpc) is 2.76. The molecule has 3 aromatic rings. The lowest BCUT2D eigenvalue weighted by Crippen LogP contribution is -2.49. The van der Waals surface area contributed by atoms with Gasteiger partial charge in [-0.15, -0.1) is 0 Å². The van der Waals surface area contributed by atoms with E-state index >= 15 is 0 Å². The van der Waals surface area contributed by atoms with Crippen molar-refractivity contribution in [2.45, 2.75) is 58.5 Å². The molecule has 0 bridgehead atoms. The third-order valence-electron chi connectivity index (χ3n) is 5.33. The summed E-state index contributed by atoms with van der Waals surface area (Å²) in [6, 6.07) is 15.5. The number of carbonyl (C=O) groups excluding carboxylic acids is 2. The van der Waals surface area contributed by atoms with Gasteiger partial charge in [0.2, 0.25) is 5.91 Å². The van der Waals surface area contributed by atoms with E-state index in [1.807, 2.05) is 45.0 Å². The van der Waals surface area contributed by atoms with Gasteiger partial charge in [0.25, 0.3) is 5.91 Å². The van der Waals surface area contributed by atoms with Crippen molar-refractivity contribution in [2.24, 2.45) is 0 Å². The summed E-state index contributed by atoms with van der Waals surface area (Å²) in [5.41, 5.74) is 1.91. The number of hydrogen-bond acceptors (Lipinski definition) is 3. The van der Waals surface area contributed by atoms with Crippen LogP contribution in [0.2, 0.25) is 0 Å². The molecule has 0 fully saturated rings. The van der Waals surface area contributed by atoms with Crippen LogP contribution in [0.15, 0.2) is 73.1 Å². The number of pyridine rings is 1. The second kappa shape index (κ2) is 9.75. The van der Waals surface area contributed by atoms with E-state index in [9.17, 15) is 14.0 Å². The molecule has 1 atom stereocenters. The van der Waals surface area contributed by atoms with Gasteiger partial charge in [-0.3, -0.25) is 19.5 Å². The van der Waals surface area contributed by atoms with Gasteiger partial charge in [0.1, 0.15) is 11.9 Å². The highest BCUT2D eigenvalue weighted by Gasteiger charge is 2.35. The lowest BCUT2D eigenvalue weighted by atomic mass is 9.87. The average molecular weight is 462 g/mol. The molecule has 0 aliphatic carbocycles. The van der Waals surface area contributed by atoms with E-state index in [0.29, 0.717) is 11.3 Å². The number of benzene rings is 2. The molecule has 1 unspecified atom stereocenters. The first-order valence-corrected chi connectivity index (χ1v) is 11.3. The first kappa shape index (κ1) is 25.1. The van der Waals surface area contributed by atoms with Crippen LogP contribution in [0, 0.1) is 5.82 Å². The predicted molar refractivity (Wildman–Crippen MR) is 133 cm³/mol. The third-order valence-corrected chi connectivity index (χ3v) is 5.33. The third kappa shape index (κ3) is 6.07. The Balaban J connectivity index is 2.18. The molecule has 0 aliphatic rings. The predicted octanol–water partition coefficient (Wildman–Crippen LogP) is 5.82. The fourth-order valence-electron chi connectivity index (χ4n) is 3.63. The quantitative estimate of drug-likeness (QED) is 0.521. The van der Waals surface area contributed by atoms with Crippen LogP contribution < -0.4 is 10.2 Å². The van der Waals surface area contributed by atoms with Gasteiger partial charge in [-0.25, -0.2) is 4.39 Å². The summed E-state index contributed by atoms with van der Waals surface area (Å²) < 4.78 is 13.6. The zero-order valence-corrected chi connectivity index (χ0v) is 20.6. The van der Waals surface area contributed by atoms with E-state index in [0.717, 1.165) is 5.56 Å². The number of nitrogens with zero attached hydrogens (tertiary/aromatic N) is 2. The largest absolute Gasteiger partial charge is 0.349 e. The molecular weight excluding hydrogens is 429 g/mol. The number of rotatable bonds is 5. The maximum absolute atomic E-state index is 13.8. The zero-order chi connectivity index (χ0) is 25.1. The Morgan fingerprint density at radius 1 is 0.912 bits per heavy atom. The molecule has 178 valence electrons. The molecule has 6 heteroatoms. The first-order chi connectivity index (χ1) is 15.9. The molecule has 2 amide bonds. The minimum absolute atomic E-state index is 0.0727. The molecule has 0 saturated heterocycles. The maximum atomic E-state index is 13.8. The minimum Gasteiger partial charge on any atom is -0.349 e. The van der Waals surface area contributed by atoms with Gasteiger partial charge in [-0.2, -0.15) is 0 Å². The standard InChI is InChI=1S/C28H32FN3O2/c1-27(2,3)21-11-15-23(16-12-21)32(26(34)19-9-13-22(29)14-10-19)24(20-8-7-17-30-18-20)25(33)31-28(4,5)6/h7-18,24H,1-6H3,(H,31,33). The molecule has 3 rings (SSSR count). The molecule has 1 heterocycles. The lowest BCUT2D eigenvalue weighted by Gasteiger charge is -2.34. The van der Waals surface area contributed by atoms with Gasteiger partial charge in [0.15, 0.2) is 0 Å².